The molecule has 70 heavy (non-hydrogen) atoms. The smallest absolute Gasteiger partial charge is 0.412 e. The topological polar surface area (TPSA) is 192 Å². The number of unbranched alkanes of at least 4 members (excludes halogenated alkanes) is 11. The van der Waals surface area contributed by atoms with Gasteiger partial charge in [0.2, 0.25) is 5.79 Å². The molecule has 3 aliphatic rings. The van der Waals surface area contributed by atoms with Gasteiger partial charge in [0.15, 0.2) is 0 Å². The van der Waals surface area contributed by atoms with Crippen LogP contribution in [0.25, 0.3) is 0 Å². The second-order valence-electron chi connectivity index (χ2n) is 18.9. The molecule has 0 bridgehead atoms. The van der Waals surface area contributed by atoms with Crippen molar-refractivity contribution in [2.24, 2.45) is 22.9 Å². The predicted octanol–water partition coefficient (Wildman–Crippen LogP) is 11.9. The molecule has 1 fully saturated rings. The molecule has 3 N–H and O–H groups in total. The number of carbonyl (C=O) groups excluding carboxylic acids is 2. The van der Waals surface area contributed by atoms with Crippen molar-refractivity contribution in [3.8, 4) is 11.5 Å². The number of non-ortho nitro benzene ring substituents is 1. The Morgan fingerprint density at radius 3 is 2.27 bits per heavy atom. The largest absolute Gasteiger partial charge is 0.459 e. The first-order chi connectivity index (χ1) is 34.2. The van der Waals surface area contributed by atoms with Crippen LogP contribution in [0.1, 0.15) is 153 Å². The number of carbonyl (C=O) groups is 2. The van der Waals surface area contributed by atoms with E-state index in [4.69, 9.17) is 28.9 Å². The van der Waals surface area contributed by atoms with Gasteiger partial charge in [-0.3, -0.25) is 15.0 Å². The van der Waals surface area contributed by atoms with Crippen molar-refractivity contribution < 1.29 is 48.5 Å². The number of allylic oxidation sites excluding steroid dienone is 1. The summed E-state index contributed by atoms with van der Waals surface area (Å²) in [5.41, 5.74) is 2.89. The van der Waals surface area contributed by atoms with Crippen molar-refractivity contribution in [3.05, 3.63) is 101 Å². The van der Waals surface area contributed by atoms with E-state index in [9.17, 15) is 29.9 Å². The molecule has 1 heterocycles. The van der Waals surface area contributed by atoms with Crippen molar-refractivity contribution >= 4 is 23.6 Å². The summed E-state index contributed by atoms with van der Waals surface area (Å²) in [7, 11) is 0. The van der Waals surface area contributed by atoms with Crippen LogP contribution in [0, 0.1) is 27.9 Å². The van der Waals surface area contributed by atoms with E-state index in [0.29, 0.717) is 61.5 Å². The van der Waals surface area contributed by atoms with Crippen molar-refractivity contribution in [2.45, 2.75) is 160 Å². The van der Waals surface area contributed by atoms with Crippen LogP contribution in [0.15, 0.2) is 84.6 Å². The zero-order chi connectivity index (χ0) is 50.1. The molecule has 6 unspecified atom stereocenters. The Morgan fingerprint density at radius 2 is 1.61 bits per heavy atom. The van der Waals surface area contributed by atoms with Crippen molar-refractivity contribution in [1.82, 2.24) is 10.2 Å². The highest BCUT2D eigenvalue weighted by molar-refractivity contribution is 6.03. The first-order valence-electron chi connectivity index (χ1n) is 26.1. The summed E-state index contributed by atoms with van der Waals surface area (Å²) >= 11 is 0. The summed E-state index contributed by atoms with van der Waals surface area (Å²) in [6, 6.07) is 10.8. The van der Waals surface area contributed by atoms with E-state index in [1.165, 1.54) is 57.1 Å². The van der Waals surface area contributed by atoms with Gasteiger partial charge in [0.1, 0.15) is 24.1 Å². The predicted molar refractivity (Wildman–Crippen MR) is 272 cm³/mol. The van der Waals surface area contributed by atoms with Gasteiger partial charge in [-0.25, -0.2) is 9.59 Å². The van der Waals surface area contributed by atoms with Gasteiger partial charge in [-0.05, 0) is 98.2 Å². The zero-order valence-electron chi connectivity index (χ0n) is 41.9. The fourth-order valence-electron chi connectivity index (χ4n) is 10.5. The number of ether oxygens (including phenoxy) is 4. The van der Waals surface area contributed by atoms with Crippen molar-refractivity contribution in [3.63, 3.8) is 0 Å². The number of aliphatic hydroxyl groups excluding tert-OH is 2. The molecule has 15 nitrogen and oxygen atoms in total. The third-order valence-corrected chi connectivity index (χ3v) is 13.8. The Hall–Kier alpha value is -5.25. The van der Waals surface area contributed by atoms with Gasteiger partial charge in [0.25, 0.3) is 5.69 Å². The molecule has 0 radical (unpaired) electrons. The molecule has 386 valence electrons. The van der Waals surface area contributed by atoms with Crippen LogP contribution in [0.4, 0.5) is 15.3 Å². The maximum atomic E-state index is 14.4. The molecule has 2 amide bonds. The fraction of sp³-hybridized carbons (Fsp3) is 0.618. The summed E-state index contributed by atoms with van der Waals surface area (Å²) in [5.74, 6) is -1.61. The number of nitro groups is 1. The Balaban J connectivity index is 1.57. The molecule has 1 saturated carbocycles. The normalized spacial score (nSPS) is 21.6. The number of rotatable bonds is 33. The van der Waals surface area contributed by atoms with E-state index in [-0.39, 0.29) is 62.9 Å². The SMILES string of the molecule is C=CCCOC(=O)N(CCC)C1CC(=NOCc2ccc([N+](=O)[O-])cc2)C2=CC(CCCCO)C(CCCCO)C3c4cc(OC(=O)NCCCCCCCCCCCC)ccc4OC1(OCC=C)C23. The van der Waals surface area contributed by atoms with E-state index in [1.807, 2.05) is 19.1 Å². The third-order valence-electron chi connectivity index (χ3n) is 13.8. The maximum Gasteiger partial charge on any atom is 0.412 e. The van der Waals surface area contributed by atoms with E-state index in [0.717, 1.165) is 56.1 Å². The quantitative estimate of drug-likeness (QED) is 0.0267. The number of hydrogen-bond donors (Lipinski definition) is 3. The van der Waals surface area contributed by atoms with Gasteiger partial charge in [-0.15, -0.1) is 13.2 Å². The average Bonchev–Trinajstić information content (AvgIpc) is 3.35. The second kappa shape index (κ2) is 29.8. The number of nitro benzene ring substituents is 1. The van der Waals surface area contributed by atoms with Gasteiger partial charge >= 0.3 is 12.2 Å². The van der Waals surface area contributed by atoms with Crippen LogP contribution < -0.4 is 14.8 Å². The number of benzene rings is 2. The molecule has 1 aliphatic heterocycles. The monoisotopic (exact) mass is 973 g/mol. The molecule has 0 saturated heterocycles. The number of nitrogens with one attached hydrogen (secondary N) is 1. The molecular weight excluding hydrogens is 893 g/mol. The molecule has 5 rings (SSSR count). The van der Waals surface area contributed by atoms with Crippen LogP contribution in [0.3, 0.4) is 0 Å². The zero-order valence-corrected chi connectivity index (χ0v) is 41.9. The summed E-state index contributed by atoms with van der Waals surface area (Å²) in [5, 5.41) is 39.1. The number of hydrogen-bond acceptors (Lipinski definition) is 12. The standard InChI is InChI=1S/C55H80N4O11/c1-5-9-11-12-13-14-15-16-17-20-31-56-53(62)69-44-29-30-49-47(38-44)51-45(24-19-22-34-61)42(23-18-21-33-60)37-46-48(57-68-40-41-25-27-43(28-26-41)59(64)65)39-50(55(70-49,52(46)51)67-35-8-4)58(32-7-3)54(63)66-36-10-6-2/h6,8,25-30,37-38,42,45,50-52,60-61H,2,4-5,7,9-24,31-36,39-40H2,1,3H3,(H,56,62). The minimum Gasteiger partial charge on any atom is -0.459 e. The van der Waals surface area contributed by atoms with Gasteiger partial charge in [0.05, 0.1) is 29.8 Å². The lowest BCUT2D eigenvalue weighted by Crippen LogP contribution is -2.70. The third kappa shape index (κ3) is 15.4. The summed E-state index contributed by atoms with van der Waals surface area (Å²) in [4.78, 5) is 46.5. The number of oxime groups is 1. The second-order valence-corrected chi connectivity index (χ2v) is 18.9. The van der Waals surface area contributed by atoms with Gasteiger partial charge in [-0.2, -0.15) is 0 Å². The van der Waals surface area contributed by atoms with E-state index in [2.05, 4.69) is 31.5 Å². The van der Waals surface area contributed by atoms with Crippen LogP contribution in [-0.4, -0.2) is 89.3 Å². The van der Waals surface area contributed by atoms with Gasteiger partial charge in [-0.1, -0.05) is 108 Å². The number of aliphatic hydroxyl groups is 2. The molecule has 6 atom stereocenters. The van der Waals surface area contributed by atoms with Crippen molar-refractivity contribution in [2.75, 3.05) is 39.5 Å². The molecule has 2 aromatic rings. The van der Waals surface area contributed by atoms with Crippen LogP contribution in [0.2, 0.25) is 0 Å². The number of fused-ring (bicyclic) bond motifs is 2. The van der Waals surface area contributed by atoms with E-state index in [1.54, 1.807) is 35.3 Å². The fourth-order valence-corrected chi connectivity index (χ4v) is 10.5. The summed E-state index contributed by atoms with van der Waals surface area (Å²) < 4.78 is 26.2. The Kier molecular flexibility index (Phi) is 23.7. The summed E-state index contributed by atoms with van der Waals surface area (Å²) in [6.45, 7) is 13.2. The highest BCUT2D eigenvalue weighted by Crippen LogP contribution is 2.62. The Labute approximate surface area is 415 Å². The Bertz CT molecular complexity index is 2020. The lowest BCUT2D eigenvalue weighted by Gasteiger charge is -2.59. The minimum atomic E-state index is -1.50. The highest BCUT2D eigenvalue weighted by Gasteiger charge is 2.65. The minimum absolute atomic E-state index is 0.0227. The first kappa shape index (κ1) is 55.7. The Morgan fingerprint density at radius 1 is 0.914 bits per heavy atom. The van der Waals surface area contributed by atoms with Crippen LogP contribution in [0.5, 0.6) is 11.5 Å². The molecule has 0 spiro atoms. The molecular formula is C55H80N4O11. The van der Waals surface area contributed by atoms with Gasteiger partial charge < -0.3 is 39.3 Å². The van der Waals surface area contributed by atoms with E-state index < -0.39 is 34.9 Å². The summed E-state index contributed by atoms with van der Waals surface area (Å²) in [6.07, 6.45) is 21.9. The molecule has 2 aliphatic carbocycles. The first-order valence-corrected chi connectivity index (χ1v) is 26.1. The molecule has 15 heteroatoms. The van der Waals surface area contributed by atoms with E-state index >= 15 is 0 Å². The lowest BCUT2D eigenvalue weighted by atomic mass is 9.55. The molecule has 2 aromatic carbocycles. The molecule has 0 aromatic heterocycles. The van der Waals surface area contributed by atoms with Crippen LogP contribution in [-0.2, 0) is 20.9 Å². The number of nitrogens with zero attached hydrogens (tertiary/aromatic N) is 3. The highest BCUT2D eigenvalue weighted by atomic mass is 16.7. The maximum absolute atomic E-state index is 14.4. The average molecular weight is 973 g/mol. The van der Waals surface area contributed by atoms with Gasteiger partial charge in [0, 0.05) is 56.3 Å². The van der Waals surface area contributed by atoms with Crippen LogP contribution >= 0.6 is 0 Å². The van der Waals surface area contributed by atoms with Crippen molar-refractivity contribution in [1.29, 1.82) is 0 Å². The lowest BCUT2D eigenvalue weighted by molar-refractivity contribution is -0.384. The number of amides is 2.